The minimum Gasteiger partial charge on any atom is -0.302 e. The largest absolute Gasteiger partial charge is 0.302 e. The number of fused-ring (bicyclic) bond motifs is 4. The summed E-state index contributed by atoms with van der Waals surface area (Å²) < 4.78 is 3.84. The maximum atomic E-state index is 3.58. The minimum absolute atomic E-state index is 0.767. The molecule has 1 aromatic rings. The average Bonchev–Trinajstić information content (AvgIpc) is 2.83. The molecule has 5 rings (SSSR count). The molecular formula is C14H17BrN2S. The highest BCUT2D eigenvalue weighted by Crippen LogP contribution is 2.43. The molecule has 4 heterocycles. The van der Waals surface area contributed by atoms with Crippen LogP contribution >= 0.6 is 27.9 Å². The Balaban J connectivity index is 1.55. The number of rotatable bonds is 1. The molecule has 1 atom stereocenters. The number of nitrogens with zero attached hydrogens (tertiary/aromatic N) is 2. The third-order valence-corrected chi connectivity index (χ3v) is 6.28. The van der Waals surface area contributed by atoms with Crippen LogP contribution in [0.1, 0.15) is 18.4 Å². The summed E-state index contributed by atoms with van der Waals surface area (Å²) in [5.41, 5.74) is 1.49. The third-order valence-electron chi connectivity index (χ3n) is 4.56. The van der Waals surface area contributed by atoms with Crippen molar-refractivity contribution in [1.82, 2.24) is 9.21 Å². The minimum atomic E-state index is 0.767. The first-order chi connectivity index (χ1) is 8.79. The lowest BCUT2D eigenvalue weighted by Gasteiger charge is -2.47. The fourth-order valence-electron chi connectivity index (χ4n) is 3.53. The van der Waals surface area contributed by atoms with Crippen LogP contribution in [0.25, 0.3) is 0 Å². The van der Waals surface area contributed by atoms with Gasteiger partial charge in [0.05, 0.1) is 0 Å². The van der Waals surface area contributed by atoms with Gasteiger partial charge < -0.3 is 4.90 Å². The van der Waals surface area contributed by atoms with Gasteiger partial charge in [0.25, 0.3) is 0 Å². The van der Waals surface area contributed by atoms with Crippen molar-refractivity contribution in [3.63, 3.8) is 0 Å². The first kappa shape index (κ1) is 11.8. The van der Waals surface area contributed by atoms with Crippen LogP contribution in [0.3, 0.4) is 0 Å². The quantitative estimate of drug-likeness (QED) is 0.731. The van der Waals surface area contributed by atoms with Gasteiger partial charge in [0.1, 0.15) is 0 Å². The second-order valence-electron chi connectivity index (χ2n) is 5.62. The van der Waals surface area contributed by atoms with Crippen LogP contribution in [0.2, 0.25) is 0 Å². The van der Waals surface area contributed by atoms with Gasteiger partial charge in [-0.2, -0.15) is 0 Å². The highest BCUT2D eigenvalue weighted by molar-refractivity contribution is 9.10. The van der Waals surface area contributed by atoms with Crippen LogP contribution in [0, 0.1) is 5.92 Å². The van der Waals surface area contributed by atoms with Crippen LogP contribution in [0.15, 0.2) is 27.6 Å². The second kappa shape index (κ2) is 4.51. The summed E-state index contributed by atoms with van der Waals surface area (Å²) in [6, 6.07) is 7.46. The van der Waals surface area contributed by atoms with Crippen molar-refractivity contribution in [2.24, 2.45) is 5.92 Å². The van der Waals surface area contributed by atoms with Crippen molar-refractivity contribution in [2.45, 2.75) is 30.3 Å². The predicted octanol–water partition coefficient (Wildman–Crippen LogP) is 3.37. The standard InChI is InChI=1S/C14H17BrN2S/c15-12-1-2-14-11(7-12)8-17(18-14)13-9-16-5-3-10(13)4-6-16/h1-2,7,10,13H,3-6,8-9H2/t13-/m1/s1. The molecule has 96 valence electrons. The Morgan fingerprint density at radius 2 is 2.06 bits per heavy atom. The summed E-state index contributed by atoms with van der Waals surface area (Å²) in [6.45, 7) is 5.07. The molecule has 0 saturated carbocycles. The van der Waals surface area contributed by atoms with Crippen molar-refractivity contribution >= 4 is 27.9 Å². The van der Waals surface area contributed by atoms with E-state index in [0.717, 1.165) is 18.5 Å². The lowest BCUT2D eigenvalue weighted by molar-refractivity contribution is 0.0420. The summed E-state index contributed by atoms with van der Waals surface area (Å²) in [6.07, 6.45) is 2.81. The molecule has 4 heteroatoms. The predicted molar refractivity (Wildman–Crippen MR) is 78.5 cm³/mol. The number of halogens is 1. The van der Waals surface area contributed by atoms with E-state index in [1.54, 1.807) is 0 Å². The van der Waals surface area contributed by atoms with E-state index in [2.05, 4.69) is 43.3 Å². The molecule has 0 amide bonds. The van der Waals surface area contributed by atoms with E-state index in [4.69, 9.17) is 0 Å². The third kappa shape index (κ3) is 1.94. The highest BCUT2D eigenvalue weighted by atomic mass is 79.9. The number of hydrogen-bond donors (Lipinski definition) is 0. The molecule has 3 fully saturated rings. The molecule has 18 heavy (non-hydrogen) atoms. The van der Waals surface area contributed by atoms with Gasteiger partial charge in [-0.1, -0.05) is 15.9 Å². The molecule has 0 aliphatic carbocycles. The zero-order valence-electron chi connectivity index (χ0n) is 10.3. The maximum absolute atomic E-state index is 3.58. The monoisotopic (exact) mass is 324 g/mol. The van der Waals surface area contributed by atoms with Gasteiger partial charge in [0.15, 0.2) is 0 Å². The fraction of sp³-hybridized carbons (Fsp3) is 0.571. The lowest BCUT2D eigenvalue weighted by Crippen LogP contribution is -2.54. The first-order valence-corrected chi connectivity index (χ1v) is 8.31. The Labute approximate surface area is 121 Å². The van der Waals surface area contributed by atoms with Crippen molar-refractivity contribution in [3.05, 3.63) is 28.2 Å². The molecule has 0 spiro atoms. The molecule has 0 aromatic heterocycles. The molecule has 4 aliphatic rings. The van der Waals surface area contributed by atoms with Crippen molar-refractivity contribution in [1.29, 1.82) is 0 Å². The number of hydrogen-bond acceptors (Lipinski definition) is 3. The van der Waals surface area contributed by atoms with Gasteiger partial charge in [-0.05, 0) is 67.6 Å². The van der Waals surface area contributed by atoms with Gasteiger partial charge in [-0.3, -0.25) is 0 Å². The van der Waals surface area contributed by atoms with Crippen LogP contribution in [-0.2, 0) is 6.54 Å². The van der Waals surface area contributed by atoms with Gasteiger partial charge in [0.2, 0.25) is 0 Å². The summed E-state index contributed by atoms with van der Waals surface area (Å²) in [4.78, 5) is 4.10. The van der Waals surface area contributed by atoms with E-state index in [-0.39, 0.29) is 0 Å². The molecule has 0 radical (unpaired) electrons. The highest BCUT2D eigenvalue weighted by Gasteiger charge is 2.39. The Morgan fingerprint density at radius 3 is 2.78 bits per heavy atom. The lowest BCUT2D eigenvalue weighted by atomic mass is 9.84. The Bertz CT molecular complexity index is 471. The van der Waals surface area contributed by atoms with E-state index < -0.39 is 0 Å². The molecular weight excluding hydrogens is 308 g/mol. The molecule has 1 aromatic carbocycles. The fourth-order valence-corrected chi connectivity index (χ4v) is 5.14. The first-order valence-electron chi connectivity index (χ1n) is 6.75. The zero-order chi connectivity index (χ0) is 12.1. The zero-order valence-corrected chi connectivity index (χ0v) is 12.7. The van der Waals surface area contributed by atoms with Crippen molar-refractivity contribution in [3.8, 4) is 0 Å². The summed E-state index contributed by atoms with van der Waals surface area (Å²) in [7, 11) is 0. The van der Waals surface area contributed by atoms with E-state index >= 15 is 0 Å². The topological polar surface area (TPSA) is 6.48 Å². The van der Waals surface area contributed by atoms with E-state index in [9.17, 15) is 0 Å². The molecule has 3 saturated heterocycles. The smallest absolute Gasteiger partial charge is 0.0366 e. The van der Waals surface area contributed by atoms with Crippen molar-refractivity contribution < 1.29 is 0 Å². The van der Waals surface area contributed by atoms with Crippen LogP contribution < -0.4 is 0 Å². The molecule has 2 nitrogen and oxygen atoms in total. The van der Waals surface area contributed by atoms with Crippen molar-refractivity contribution in [2.75, 3.05) is 19.6 Å². The number of benzene rings is 1. The Morgan fingerprint density at radius 1 is 1.22 bits per heavy atom. The van der Waals surface area contributed by atoms with Gasteiger partial charge >= 0.3 is 0 Å². The molecule has 0 unspecified atom stereocenters. The van der Waals surface area contributed by atoms with Gasteiger partial charge in [-0.15, -0.1) is 0 Å². The van der Waals surface area contributed by atoms with Gasteiger partial charge in [-0.25, -0.2) is 4.31 Å². The van der Waals surface area contributed by atoms with E-state index in [1.807, 2.05) is 11.9 Å². The average molecular weight is 325 g/mol. The Hall–Kier alpha value is -0.0300. The van der Waals surface area contributed by atoms with E-state index in [1.165, 1.54) is 47.4 Å². The maximum Gasteiger partial charge on any atom is 0.0366 e. The summed E-state index contributed by atoms with van der Waals surface area (Å²) in [5.74, 6) is 0.931. The normalized spacial score (nSPS) is 34.8. The summed E-state index contributed by atoms with van der Waals surface area (Å²) >= 11 is 5.55. The van der Waals surface area contributed by atoms with Crippen LogP contribution in [0.4, 0.5) is 0 Å². The SMILES string of the molecule is Brc1ccc2c(c1)CN([C@@H]1CN3CCC1CC3)S2. The molecule has 0 N–H and O–H groups in total. The number of piperidine rings is 3. The molecule has 4 aliphatic heterocycles. The Kier molecular flexibility index (Phi) is 2.95. The second-order valence-corrected chi connectivity index (χ2v) is 7.63. The van der Waals surface area contributed by atoms with E-state index in [0.29, 0.717) is 0 Å². The van der Waals surface area contributed by atoms with Gasteiger partial charge in [0, 0.05) is 28.5 Å². The van der Waals surface area contributed by atoms with Crippen LogP contribution in [-0.4, -0.2) is 34.9 Å². The molecule has 2 bridgehead atoms. The summed E-state index contributed by atoms with van der Waals surface area (Å²) in [5, 5.41) is 0. The van der Waals surface area contributed by atoms with Crippen LogP contribution in [0.5, 0.6) is 0 Å².